The number of benzene rings is 1. The van der Waals surface area contributed by atoms with Crippen molar-refractivity contribution in [1.82, 2.24) is 19.6 Å². The van der Waals surface area contributed by atoms with E-state index in [-0.39, 0.29) is 18.3 Å². The lowest BCUT2D eigenvalue weighted by Gasteiger charge is -2.04. The number of carbonyl (C=O) groups is 1. The van der Waals surface area contributed by atoms with Gasteiger partial charge in [-0.15, -0.1) is 22.6 Å². The summed E-state index contributed by atoms with van der Waals surface area (Å²) < 4.78 is 1.63. The summed E-state index contributed by atoms with van der Waals surface area (Å²) in [6, 6.07) is 9.16. The minimum absolute atomic E-state index is 0. The van der Waals surface area contributed by atoms with Crippen LogP contribution >= 0.6 is 12.4 Å². The average molecular weight is 333 g/mol. The van der Waals surface area contributed by atoms with E-state index in [1.807, 2.05) is 25.1 Å². The van der Waals surface area contributed by atoms with Crippen LogP contribution in [0.5, 0.6) is 0 Å². The molecule has 0 fully saturated rings. The highest BCUT2D eigenvalue weighted by molar-refractivity contribution is 6.03. The number of halogens is 1. The summed E-state index contributed by atoms with van der Waals surface area (Å²) in [5.41, 5.74) is 8.01. The molecule has 3 rings (SSSR count). The van der Waals surface area contributed by atoms with Crippen molar-refractivity contribution in [2.75, 3.05) is 11.9 Å². The Morgan fingerprint density at radius 2 is 1.96 bits per heavy atom. The van der Waals surface area contributed by atoms with Gasteiger partial charge in [-0.05, 0) is 43.7 Å². The molecular formula is C15H17ClN6O. The first-order chi connectivity index (χ1) is 10.7. The molecule has 23 heavy (non-hydrogen) atoms. The SMILES string of the molecule is Cc1ccn2c(NC(=O)c3ccc(CCN)cc3)nnc2n1.Cl. The lowest BCUT2D eigenvalue weighted by atomic mass is 10.1. The molecule has 1 amide bonds. The van der Waals surface area contributed by atoms with Gasteiger partial charge in [-0.2, -0.15) is 0 Å². The quantitative estimate of drug-likeness (QED) is 0.756. The highest BCUT2D eigenvalue weighted by Crippen LogP contribution is 2.10. The molecule has 0 spiro atoms. The maximum atomic E-state index is 12.3. The Labute approximate surface area is 139 Å². The van der Waals surface area contributed by atoms with Crippen molar-refractivity contribution in [2.45, 2.75) is 13.3 Å². The van der Waals surface area contributed by atoms with Crippen molar-refractivity contribution in [3.05, 3.63) is 53.3 Å². The average Bonchev–Trinajstić information content (AvgIpc) is 2.90. The topological polar surface area (TPSA) is 98.2 Å². The number of rotatable bonds is 4. The van der Waals surface area contributed by atoms with E-state index >= 15 is 0 Å². The maximum absolute atomic E-state index is 12.3. The van der Waals surface area contributed by atoms with E-state index in [0.29, 0.717) is 23.8 Å². The van der Waals surface area contributed by atoms with E-state index in [1.54, 1.807) is 22.7 Å². The summed E-state index contributed by atoms with van der Waals surface area (Å²) in [7, 11) is 0. The number of nitrogens with two attached hydrogens (primary N) is 1. The number of aryl methyl sites for hydroxylation is 1. The first-order valence-corrected chi connectivity index (χ1v) is 6.96. The van der Waals surface area contributed by atoms with E-state index in [9.17, 15) is 4.79 Å². The number of nitrogens with one attached hydrogen (secondary N) is 1. The maximum Gasteiger partial charge on any atom is 0.258 e. The van der Waals surface area contributed by atoms with Crippen LogP contribution in [0, 0.1) is 6.92 Å². The van der Waals surface area contributed by atoms with Crippen LogP contribution in [-0.4, -0.2) is 32.0 Å². The largest absolute Gasteiger partial charge is 0.330 e. The molecule has 0 atom stereocenters. The van der Waals surface area contributed by atoms with Gasteiger partial charge in [-0.3, -0.25) is 14.5 Å². The fourth-order valence-electron chi connectivity index (χ4n) is 2.12. The molecule has 120 valence electrons. The second-order valence-electron chi connectivity index (χ2n) is 4.95. The molecule has 0 aliphatic carbocycles. The van der Waals surface area contributed by atoms with Crippen LogP contribution in [0.15, 0.2) is 36.5 Å². The number of anilines is 1. The number of amides is 1. The Bertz CT molecular complexity index is 814. The summed E-state index contributed by atoms with van der Waals surface area (Å²) >= 11 is 0. The first kappa shape index (κ1) is 16.9. The summed E-state index contributed by atoms with van der Waals surface area (Å²) in [5.74, 6) is 0.557. The predicted molar refractivity (Wildman–Crippen MR) is 89.9 cm³/mol. The molecule has 7 nitrogen and oxygen atoms in total. The number of carbonyl (C=O) groups excluding carboxylic acids is 1. The van der Waals surface area contributed by atoms with E-state index in [0.717, 1.165) is 17.7 Å². The molecule has 0 saturated carbocycles. The van der Waals surface area contributed by atoms with Crippen molar-refractivity contribution in [3.63, 3.8) is 0 Å². The zero-order chi connectivity index (χ0) is 15.5. The number of nitrogens with zero attached hydrogens (tertiary/aromatic N) is 4. The number of aromatic nitrogens is 4. The van der Waals surface area contributed by atoms with Gasteiger partial charge in [-0.1, -0.05) is 12.1 Å². The van der Waals surface area contributed by atoms with Gasteiger partial charge in [-0.25, -0.2) is 4.98 Å². The van der Waals surface area contributed by atoms with Crippen molar-refractivity contribution >= 4 is 30.0 Å². The number of fused-ring (bicyclic) bond motifs is 1. The zero-order valence-electron chi connectivity index (χ0n) is 12.6. The second-order valence-corrected chi connectivity index (χ2v) is 4.95. The van der Waals surface area contributed by atoms with Crippen LogP contribution < -0.4 is 11.1 Å². The molecule has 0 saturated heterocycles. The lowest BCUT2D eigenvalue weighted by molar-refractivity contribution is 0.102. The molecule has 0 aliphatic heterocycles. The minimum atomic E-state index is -0.242. The predicted octanol–water partition coefficient (Wildman–Crippen LogP) is 1.61. The first-order valence-electron chi connectivity index (χ1n) is 6.96. The summed E-state index contributed by atoms with van der Waals surface area (Å²) in [4.78, 5) is 16.5. The van der Waals surface area contributed by atoms with Crippen LogP contribution in [0.3, 0.4) is 0 Å². The van der Waals surface area contributed by atoms with Gasteiger partial charge in [0.1, 0.15) is 0 Å². The highest BCUT2D eigenvalue weighted by atomic mass is 35.5. The third kappa shape index (κ3) is 3.64. The van der Waals surface area contributed by atoms with E-state index < -0.39 is 0 Å². The zero-order valence-corrected chi connectivity index (χ0v) is 13.4. The molecule has 8 heteroatoms. The van der Waals surface area contributed by atoms with Crippen LogP contribution in [0.4, 0.5) is 5.95 Å². The normalized spacial score (nSPS) is 10.3. The van der Waals surface area contributed by atoms with Gasteiger partial charge in [0, 0.05) is 17.5 Å². The van der Waals surface area contributed by atoms with Gasteiger partial charge >= 0.3 is 0 Å². The Balaban J connectivity index is 0.00000192. The van der Waals surface area contributed by atoms with E-state index in [1.165, 1.54) is 0 Å². The van der Waals surface area contributed by atoms with Crippen molar-refractivity contribution in [2.24, 2.45) is 5.73 Å². The standard InChI is InChI=1S/C15H16N6O.ClH/c1-10-7-9-21-14(17-10)19-20-15(21)18-13(22)12-4-2-11(3-5-12)6-8-16;/h2-5,7,9H,6,8,16H2,1H3,(H,18,20,22);1H. The Kier molecular flexibility index (Phi) is 5.25. The van der Waals surface area contributed by atoms with Gasteiger partial charge < -0.3 is 5.73 Å². The van der Waals surface area contributed by atoms with Crippen LogP contribution in [0.2, 0.25) is 0 Å². The summed E-state index contributed by atoms with van der Waals surface area (Å²) in [6.07, 6.45) is 2.57. The van der Waals surface area contributed by atoms with Crippen molar-refractivity contribution in [3.8, 4) is 0 Å². The van der Waals surface area contributed by atoms with Gasteiger partial charge in [0.15, 0.2) is 0 Å². The third-order valence-corrected chi connectivity index (χ3v) is 3.29. The van der Waals surface area contributed by atoms with Crippen LogP contribution in [0.25, 0.3) is 5.78 Å². The molecule has 1 aromatic carbocycles. The Hall–Kier alpha value is -2.51. The number of hydrogen-bond acceptors (Lipinski definition) is 5. The third-order valence-electron chi connectivity index (χ3n) is 3.29. The van der Waals surface area contributed by atoms with Crippen LogP contribution in [0.1, 0.15) is 21.6 Å². The molecule has 3 N–H and O–H groups in total. The summed E-state index contributed by atoms with van der Waals surface area (Å²) in [6.45, 7) is 2.46. The second kappa shape index (κ2) is 7.17. The fraction of sp³-hybridized carbons (Fsp3) is 0.200. The minimum Gasteiger partial charge on any atom is -0.330 e. The Morgan fingerprint density at radius 1 is 1.22 bits per heavy atom. The molecule has 0 bridgehead atoms. The smallest absolute Gasteiger partial charge is 0.258 e. The van der Waals surface area contributed by atoms with Gasteiger partial charge in [0.2, 0.25) is 5.95 Å². The van der Waals surface area contributed by atoms with E-state index in [4.69, 9.17) is 5.73 Å². The van der Waals surface area contributed by atoms with E-state index in [2.05, 4.69) is 20.5 Å². The van der Waals surface area contributed by atoms with Crippen molar-refractivity contribution in [1.29, 1.82) is 0 Å². The molecule has 2 aromatic heterocycles. The molecule has 0 aliphatic rings. The fourth-order valence-corrected chi connectivity index (χ4v) is 2.12. The lowest BCUT2D eigenvalue weighted by Crippen LogP contribution is -2.14. The molecular weight excluding hydrogens is 316 g/mol. The Morgan fingerprint density at radius 3 is 2.65 bits per heavy atom. The molecule has 2 heterocycles. The van der Waals surface area contributed by atoms with Crippen molar-refractivity contribution < 1.29 is 4.79 Å². The van der Waals surface area contributed by atoms with Gasteiger partial charge in [0.05, 0.1) is 0 Å². The van der Waals surface area contributed by atoms with Crippen LogP contribution in [-0.2, 0) is 6.42 Å². The number of hydrogen-bond donors (Lipinski definition) is 2. The van der Waals surface area contributed by atoms with Gasteiger partial charge in [0.25, 0.3) is 11.7 Å². The molecule has 0 radical (unpaired) electrons. The molecule has 0 unspecified atom stereocenters. The summed E-state index contributed by atoms with van der Waals surface area (Å²) in [5, 5.41) is 10.6. The monoisotopic (exact) mass is 332 g/mol. The molecule has 3 aromatic rings. The highest BCUT2D eigenvalue weighted by Gasteiger charge is 2.11.